The molecule has 0 spiro atoms. The third-order valence-corrected chi connectivity index (χ3v) is 2.74. The number of hydrogen-bond acceptors (Lipinski definition) is 1. The monoisotopic (exact) mass is 343 g/mol. The molecule has 0 bridgehead atoms. The minimum Gasteiger partial charge on any atom is -0.417 e. The van der Waals surface area contributed by atoms with E-state index in [1.54, 1.807) is 0 Å². The van der Waals surface area contributed by atoms with Crippen LogP contribution in [0.15, 0.2) is 17.7 Å². The van der Waals surface area contributed by atoms with E-state index in [4.69, 9.17) is 4.43 Å². The third kappa shape index (κ3) is 11.4. The summed E-state index contributed by atoms with van der Waals surface area (Å²) in [4.78, 5) is 0. The molecule has 5 heteroatoms. The molecule has 0 fully saturated rings. The molecule has 0 N–H and O–H groups in total. The smallest absolute Gasteiger partial charge is 0.183 e. The molecule has 0 amide bonds. The second kappa shape index (κ2) is 10.3. The van der Waals surface area contributed by atoms with Gasteiger partial charge < -0.3 is 4.43 Å². The van der Waals surface area contributed by atoms with Crippen LogP contribution in [0.1, 0.15) is 12.8 Å². The summed E-state index contributed by atoms with van der Waals surface area (Å²) in [6.07, 6.45) is 9.59. The van der Waals surface area contributed by atoms with Crippen LogP contribution in [0.4, 0.5) is 0 Å². The largest absolute Gasteiger partial charge is 0.417 e. The van der Waals surface area contributed by atoms with Crippen LogP contribution in [-0.2, 0) is 30.6 Å². The topological polar surface area (TPSA) is 9.23 Å². The van der Waals surface area contributed by atoms with Crippen molar-refractivity contribution in [3.05, 3.63) is 23.8 Å². The van der Waals surface area contributed by atoms with Gasteiger partial charge in [0, 0.05) is 32.8 Å². The Kier molecular flexibility index (Phi) is 14.7. The van der Waals surface area contributed by atoms with Crippen LogP contribution >= 0.6 is 24.8 Å². The molecule has 1 aliphatic rings. The first kappa shape index (κ1) is 21.4. The summed E-state index contributed by atoms with van der Waals surface area (Å²) in [6, 6.07) is 0. The van der Waals surface area contributed by atoms with E-state index in [0.717, 1.165) is 19.4 Å². The molecule has 1 rings (SSSR count). The van der Waals surface area contributed by atoms with Gasteiger partial charge in [-0.05, 0) is 26.1 Å². The summed E-state index contributed by atoms with van der Waals surface area (Å²) in [5.74, 6) is 0. The van der Waals surface area contributed by atoms with Gasteiger partial charge in [0.05, 0.1) is 0 Å². The van der Waals surface area contributed by atoms with Gasteiger partial charge in [-0.15, -0.1) is 31.2 Å². The first-order chi connectivity index (χ1) is 5.58. The molecule has 88 valence electrons. The van der Waals surface area contributed by atoms with Crippen LogP contribution in [0.5, 0.6) is 0 Å². The van der Waals surface area contributed by atoms with Crippen molar-refractivity contribution in [1.82, 2.24) is 0 Å². The molecule has 0 saturated carbocycles. The van der Waals surface area contributed by atoms with Crippen LogP contribution in [0.25, 0.3) is 0 Å². The normalized spacial score (nSPS) is 13.4. The molecule has 1 nitrogen and oxygen atoms in total. The Hall–Kier alpha value is 1.12. The zero-order valence-corrected chi connectivity index (χ0v) is 14.6. The molecule has 0 unspecified atom stereocenters. The van der Waals surface area contributed by atoms with Gasteiger partial charge in [0.25, 0.3) is 0 Å². The maximum atomic E-state index is 5.74. The second-order valence-corrected chi connectivity index (χ2v) is 8.53. The predicted molar refractivity (Wildman–Crippen MR) is 68.9 cm³/mol. The van der Waals surface area contributed by atoms with Crippen molar-refractivity contribution in [2.45, 2.75) is 32.5 Å². The minimum absolute atomic E-state index is 0. The van der Waals surface area contributed by atoms with Crippen molar-refractivity contribution in [3.8, 4) is 0 Å². The van der Waals surface area contributed by atoms with Gasteiger partial charge in [-0.25, -0.2) is 11.6 Å². The maximum Gasteiger partial charge on any atom is 0.183 e. The van der Waals surface area contributed by atoms with Crippen molar-refractivity contribution in [1.29, 1.82) is 0 Å². The molecule has 0 aliphatic heterocycles. The quantitative estimate of drug-likeness (QED) is 0.557. The number of halogens is 2. The van der Waals surface area contributed by atoms with E-state index in [1.807, 2.05) is 0 Å². The predicted octanol–water partition coefficient (Wildman–Crippen LogP) is 3.76. The molecule has 0 aromatic carbocycles. The molecule has 0 aromatic heterocycles. The maximum absolute atomic E-state index is 5.74. The average molecular weight is 345 g/mol. The number of rotatable bonds is 4. The zero-order valence-electron chi connectivity index (χ0n) is 9.50. The zero-order chi connectivity index (χ0) is 9.03. The van der Waals surface area contributed by atoms with Gasteiger partial charge in [-0.3, -0.25) is 6.08 Å². The van der Waals surface area contributed by atoms with Crippen molar-refractivity contribution in [2.24, 2.45) is 0 Å². The summed E-state index contributed by atoms with van der Waals surface area (Å²) in [5, 5.41) is 0. The molecule has 15 heavy (non-hydrogen) atoms. The summed E-state index contributed by atoms with van der Waals surface area (Å²) in [5.41, 5.74) is 1.31. The molecule has 0 atom stereocenters. The van der Waals surface area contributed by atoms with E-state index < -0.39 is 8.32 Å². The summed E-state index contributed by atoms with van der Waals surface area (Å²) in [6.45, 7) is 7.52. The van der Waals surface area contributed by atoms with Gasteiger partial charge in [0.2, 0.25) is 0 Å². The summed E-state index contributed by atoms with van der Waals surface area (Å²) < 4.78 is 5.74. The van der Waals surface area contributed by atoms with E-state index >= 15 is 0 Å². The SMILES string of the molecule is C[Si](C)(C)OCCC1=[C-]CC=C1.Cl.Cl.[Zr]. The number of hydrogen-bond donors (Lipinski definition) is 0. The Bertz CT molecular complexity index is 212. The van der Waals surface area contributed by atoms with Gasteiger partial charge >= 0.3 is 0 Å². The van der Waals surface area contributed by atoms with Crippen molar-refractivity contribution in [2.75, 3.05) is 6.61 Å². The van der Waals surface area contributed by atoms with Crippen LogP contribution in [-0.4, -0.2) is 14.9 Å². The average Bonchev–Trinajstić information content (AvgIpc) is 2.36. The van der Waals surface area contributed by atoms with E-state index in [1.165, 1.54) is 5.57 Å². The Morgan fingerprint density at radius 3 is 2.33 bits per heavy atom. The minimum atomic E-state index is -1.29. The van der Waals surface area contributed by atoms with E-state index in [-0.39, 0.29) is 51.0 Å². The van der Waals surface area contributed by atoms with Crippen molar-refractivity contribution in [3.63, 3.8) is 0 Å². The summed E-state index contributed by atoms with van der Waals surface area (Å²) >= 11 is 0. The fourth-order valence-corrected chi connectivity index (χ4v) is 1.80. The van der Waals surface area contributed by atoms with Crippen molar-refractivity contribution < 1.29 is 30.6 Å². The Balaban J connectivity index is -0.000000480. The Labute approximate surface area is 126 Å². The van der Waals surface area contributed by atoms with Crippen LogP contribution in [0.2, 0.25) is 19.6 Å². The summed E-state index contributed by atoms with van der Waals surface area (Å²) in [7, 11) is -1.29. The standard InChI is InChI=1S/C10H17OSi.2ClH.Zr/c1-12(2,3)11-9-8-10-6-4-5-7-10;;;/h4,6H,5,8-9H2,1-3H3;2*1H;/q-1;;;. The van der Waals surface area contributed by atoms with E-state index in [2.05, 4.69) is 37.9 Å². The first-order valence-electron chi connectivity index (χ1n) is 4.48. The molecular weight excluding hydrogens is 326 g/mol. The molecular formula is C10H19Cl2OSiZr-. The Morgan fingerprint density at radius 2 is 1.93 bits per heavy atom. The number of allylic oxidation sites excluding steroid dienone is 3. The van der Waals surface area contributed by atoms with Crippen LogP contribution in [0.3, 0.4) is 0 Å². The van der Waals surface area contributed by atoms with Crippen LogP contribution in [0, 0.1) is 6.08 Å². The van der Waals surface area contributed by atoms with Gasteiger partial charge in [0.1, 0.15) is 0 Å². The van der Waals surface area contributed by atoms with Gasteiger partial charge in [0.15, 0.2) is 8.32 Å². The molecule has 0 saturated heterocycles. The fourth-order valence-electron chi connectivity index (χ4n) is 1.09. The van der Waals surface area contributed by atoms with E-state index in [9.17, 15) is 0 Å². The Morgan fingerprint density at radius 1 is 1.33 bits per heavy atom. The van der Waals surface area contributed by atoms with E-state index in [0.29, 0.717) is 0 Å². The molecule has 0 radical (unpaired) electrons. The van der Waals surface area contributed by atoms with Gasteiger partial charge in [-0.2, -0.15) is 6.08 Å². The van der Waals surface area contributed by atoms with Gasteiger partial charge in [-0.1, -0.05) is 0 Å². The third-order valence-electron chi connectivity index (χ3n) is 1.67. The molecule has 1 aliphatic carbocycles. The molecule has 0 heterocycles. The first-order valence-corrected chi connectivity index (χ1v) is 7.89. The van der Waals surface area contributed by atoms with Crippen molar-refractivity contribution >= 4 is 33.1 Å². The second-order valence-electron chi connectivity index (χ2n) is 4.02. The fraction of sp³-hybridized carbons (Fsp3) is 0.600. The molecule has 0 aromatic rings. The van der Waals surface area contributed by atoms with Crippen LogP contribution < -0.4 is 0 Å².